The Morgan fingerprint density at radius 3 is 2.81 bits per heavy atom. The van der Waals surface area contributed by atoms with E-state index in [0.29, 0.717) is 12.2 Å². The fourth-order valence-electron chi connectivity index (χ4n) is 1.29. The first-order valence-corrected chi connectivity index (χ1v) is 6.64. The average Bonchev–Trinajstić information content (AvgIpc) is 2.24. The molecule has 0 N–H and O–H groups in total. The number of esters is 1. The van der Waals surface area contributed by atoms with Crippen molar-refractivity contribution in [1.29, 1.82) is 0 Å². The molecule has 0 aliphatic heterocycles. The lowest BCUT2D eigenvalue weighted by Gasteiger charge is -2.07. The maximum Gasteiger partial charge on any atom is 0.312 e. The minimum Gasteiger partial charge on any atom is -0.426 e. The third-order valence-corrected chi connectivity index (χ3v) is 3.12. The molecule has 0 unspecified atom stereocenters. The predicted molar refractivity (Wildman–Crippen MR) is 69.2 cm³/mol. The van der Waals surface area contributed by atoms with Gasteiger partial charge in [0.25, 0.3) is 0 Å². The SMILES string of the molecule is CCSCCC(=O)Oc1cc(C)ccc1C. The molecule has 0 saturated carbocycles. The van der Waals surface area contributed by atoms with Crippen molar-refractivity contribution in [3.05, 3.63) is 29.3 Å². The summed E-state index contributed by atoms with van der Waals surface area (Å²) in [5.74, 6) is 2.41. The number of benzene rings is 1. The first kappa shape index (κ1) is 13.1. The molecule has 0 aliphatic rings. The molecular weight excluding hydrogens is 220 g/mol. The first-order valence-electron chi connectivity index (χ1n) is 5.49. The molecule has 0 heterocycles. The third-order valence-electron chi connectivity index (χ3n) is 2.22. The van der Waals surface area contributed by atoms with Crippen molar-refractivity contribution in [1.82, 2.24) is 0 Å². The molecule has 0 saturated heterocycles. The second-order valence-electron chi connectivity index (χ2n) is 3.69. The maximum absolute atomic E-state index is 11.5. The molecular formula is C13H18O2S. The fraction of sp³-hybridized carbons (Fsp3) is 0.462. The van der Waals surface area contributed by atoms with Crippen LogP contribution in [0.1, 0.15) is 24.5 Å². The van der Waals surface area contributed by atoms with E-state index >= 15 is 0 Å². The van der Waals surface area contributed by atoms with Gasteiger partial charge in [-0.3, -0.25) is 4.79 Å². The molecule has 3 heteroatoms. The topological polar surface area (TPSA) is 26.3 Å². The molecule has 1 aromatic carbocycles. The molecule has 16 heavy (non-hydrogen) atoms. The van der Waals surface area contributed by atoms with Gasteiger partial charge in [0.1, 0.15) is 5.75 Å². The van der Waals surface area contributed by atoms with Crippen LogP contribution in [0.25, 0.3) is 0 Å². The third kappa shape index (κ3) is 4.27. The molecule has 0 aromatic heterocycles. The summed E-state index contributed by atoms with van der Waals surface area (Å²) in [6, 6.07) is 5.89. The van der Waals surface area contributed by atoms with Gasteiger partial charge < -0.3 is 4.74 Å². The van der Waals surface area contributed by atoms with Crippen LogP contribution in [-0.2, 0) is 4.79 Å². The molecule has 0 bridgehead atoms. The van der Waals surface area contributed by atoms with E-state index in [-0.39, 0.29) is 5.97 Å². The summed E-state index contributed by atoms with van der Waals surface area (Å²) in [5, 5.41) is 0. The smallest absolute Gasteiger partial charge is 0.312 e. The van der Waals surface area contributed by atoms with Gasteiger partial charge in [0.15, 0.2) is 0 Å². The van der Waals surface area contributed by atoms with Gasteiger partial charge in [0.05, 0.1) is 6.42 Å². The van der Waals surface area contributed by atoms with Crippen LogP contribution >= 0.6 is 11.8 Å². The second kappa shape index (κ2) is 6.59. The fourth-order valence-corrected chi connectivity index (χ4v) is 1.89. The number of carbonyl (C=O) groups is 1. The molecule has 0 amide bonds. The van der Waals surface area contributed by atoms with Crippen LogP contribution < -0.4 is 4.74 Å². The molecule has 1 aromatic rings. The van der Waals surface area contributed by atoms with E-state index in [9.17, 15) is 4.79 Å². The van der Waals surface area contributed by atoms with E-state index in [1.54, 1.807) is 11.8 Å². The molecule has 2 nitrogen and oxygen atoms in total. The van der Waals surface area contributed by atoms with Gasteiger partial charge in [-0.15, -0.1) is 0 Å². The summed E-state index contributed by atoms with van der Waals surface area (Å²) in [5.41, 5.74) is 2.11. The van der Waals surface area contributed by atoms with E-state index in [0.717, 1.165) is 22.6 Å². The monoisotopic (exact) mass is 238 g/mol. The van der Waals surface area contributed by atoms with Crippen LogP contribution in [-0.4, -0.2) is 17.5 Å². The highest BCUT2D eigenvalue weighted by Crippen LogP contribution is 2.19. The largest absolute Gasteiger partial charge is 0.426 e. The summed E-state index contributed by atoms with van der Waals surface area (Å²) in [6.07, 6.45) is 0.478. The standard InChI is InChI=1S/C13H18O2S/c1-4-16-8-7-13(14)15-12-9-10(2)5-6-11(12)3/h5-6,9H,4,7-8H2,1-3H3. The van der Waals surface area contributed by atoms with Crippen LogP contribution in [0.4, 0.5) is 0 Å². The second-order valence-corrected chi connectivity index (χ2v) is 5.08. The van der Waals surface area contributed by atoms with Gasteiger partial charge in [0, 0.05) is 5.75 Å². The van der Waals surface area contributed by atoms with Crippen molar-refractivity contribution in [2.45, 2.75) is 27.2 Å². The zero-order valence-corrected chi connectivity index (χ0v) is 10.9. The molecule has 0 radical (unpaired) electrons. The number of thioether (sulfide) groups is 1. The van der Waals surface area contributed by atoms with Crippen LogP contribution in [0.3, 0.4) is 0 Å². The average molecular weight is 238 g/mol. The Balaban J connectivity index is 2.52. The molecule has 0 atom stereocenters. The van der Waals surface area contributed by atoms with E-state index in [2.05, 4.69) is 6.92 Å². The van der Waals surface area contributed by atoms with Crippen molar-refractivity contribution in [2.75, 3.05) is 11.5 Å². The van der Waals surface area contributed by atoms with Crippen LogP contribution in [0.15, 0.2) is 18.2 Å². The maximum atomic E-state index is 11.5. The highest BCUT2D eigenvalue weighted by molar-refractivity contribution is 7.99. The number of carbonyl (C=O) groups excluding carboxylic acids is 1. The lowest BCUT2D eigenvalue weighted by Crippen LogP contribution is -2.09. The normalized spacial score (nSPS) is 10.2. The van der Waals surface area contributed by atoms with E-state index in [1.165, 1.54) is 0 Å². The first-order chi connectivity index (χ1) is 7.63. The van der Waals surface area contributed by atoms with E-state index < -0.39 is 0 Å². The summed E-state index contributed by atoms with van der Waals surface area (Å²) in [6.45, 7) is 6.02. The summed E-state index contributed by atoms with van der Waals surface area (Å²) < 4.78 is 5.32. The van der Waals surface area contributed by atoms with Crippen molar-refractivity contribution < 1.29 is 9.53 Å². The highest BCUT2D eigenvalue weighted by atomic mass is 32.2. The van der Waals surface area contributed by atoms with Gasteiger partial charge >= 0.3 is 5.97 Å². The van der Waals surface area contributed by atoms with Crippen molar-refractivity contribution >= 4 is 17.7 Å². The van der Waals surface area contributed by atoms with Crippen molar-refractivity contribution in [3.8, 4) is 5.75 Å². The van der Waals surface area contributed by atoms with Crippen LogP contribution in [0, 0.1) is 13.8 Å². The molecule has 0 aliphatic carbocycles. The van der Waals surface area contributed by atoms with E-state index in [1.807, 2.05) is 32.0 Å². The van der Waals surface area contributed by atoms with Crippen LogP contribution in [0.2, 0.25) is 0 Å². The van der Waals surface area contributed by atoms with Gasteiger partial charge in [-0.25, -0.2) is 0 Å². The lowest BCUT2D eigenvalue weighted by atomic mass is 10.1. The summed E-state index contributed by atoms with van der Waals surface area (Å²) in [7, 11) is 0. The number of hydrogen-bond acceptors (Lipinski definition) is 3. The highest BCUT2D eigenvalue weighted by Gasteiger charge is 2.07. The Labute approximate surface area is 101 Å². The quantitative estimate of drug-likeness (QED) is 0.447. The number of hydrogen-bond donors (Lipinski definition) is 0. The van der Waals surface area contributed by atoms with E-state index in [4.69, 9.17) is 4.74 Å². The number of ether oxygens (including phenoxy) is 1. The summed E-state index contributed by atoms with van der Waals surface area (Å²) >= 11 is 1.75. The lowest BCUT2D eigenvalue weighted by molar-refractivity contribution is -0.133. The minimum atomic E-state index is -0.144. The van der Waals surface area contributed by atoms with Crippen molar-refractivity contribution in [2.24, 2.45) is 0 Å². The predicted octanol–water partition coefficient (Wildman–Crippen LogP) is 3.35. The minimum absolute atomic E-state index is 0.144. The van der Waals surface area contributed by atoms with Gasteiger partial charge in [-0.1, -0.05) is 19.1 Å². The zero-order valence-electron chi connectivity index (χ0n) is 10.1. The van der Waals surface area contributed by atoms with Gasteiger partial charge in [-0.2, -0.15) is 11.8 Å². The Morgan fingerprint density at radius 2 is 2.12 bits per heavy atom. The Kier molecular flexibility index (Phi) is 5.39. The van der Waals surface area contributed by atoms with Gasteiger partial charge in [0.2, 0.25) is 0 Å². The molecule has 1 rings (SSSR count). The molecule has 88 valence electrons. The molecule has 0 spiro atoms. The van der Waals surface area contributed by atoms with Crippen LogP contribution in [0.5, 0.6) is 5.75 Å². The number of aryl methyl sites for hydroxylation is 2. The zero-order chi connectivity index (χ0) is 12.0. The Hall–Kier alpha value is -0.960. The Bertz CT molecular complexity index is 361. The Morgan fingerprint density at radius 1 is 1.38 bits per heavy atom. The van der Waals surface area contributed by atoms with Crippen molar-refractivity contribution in [3.63, 3.8) is 0 Å². The van der Waals surface area contributed by atoms with Gasteiger partial charge in [-0.05, 0) is 36.8 Å². The molecule has 0 fully saturated rings. The number of rotatable bonds is 5. The summed E-state index contributed by atoms with van der Waals surface area (Å²) in [4.78, 5) is 11.5.